The number of nitrogens with one attached hydrogen (secondary N) is 2. The predicted octanol–water partition coefficient (Wildman–Crippen LogP) is 4.62. The van der Waals surface area contributed by atoms with Crippen LogP contribution < -0.4 is 10.6 Å². The minimum atomic E-state index is -0.740. The molecule has 0 aromatic heterocycles. The van der Waals surface area contributed by atoms with Gasteiger partial charge in [0, 0.05) is 26.3 Å². The van der Waals surface area contributed by atoms with E-state index in [0.29, 0.717) is 29.1 Å². The van der Waals surface area contributed by atoms with Crippen LogP contribution in [0.25, 0.3) is 5.70 Å². The lowest BCUT2D eigenvalue weighted by atomic mass is 9.91. The van der Waals surface area contributed by atoms with Gasteiger partial charge in [-0.2, -0.15) is 0 Å². The van der Waals surface area contributed by atoms with Crippen LogP contribution in [-0.2, 0) is 9.53 Å². The first-order valence-corrected chi connectivity index (χ1v) is 11.5. The molecule has 180 valence electrons. The standard InChI is InChI=1S/C26H32N4O4/c1-5-7-16-30-23(18-12-9-8-10-13-18)21(24(31)34-6-2)22(28-26(30)33)19-14-11-15-20(17-19)27-25(32)29(3)4/h8-15,17,22H,5-7,16H2,1-4H3,(H,27,32)(H,28,33). The maximum absolute atomic E-state index is 13.3. The maximum Gasteiger partial charge on any atom is 0.338 e. The molecule has 0 aliphatic carbocycles. The Morgan fingerprint density at radius 2 is 1.82 bits per heavy atom. The molecule has 1 atom stereocenters. The van der Waals surface area contributed by atoms with Gasteiger partial charge < -0.3 is 20.3 Å². The third-order valence-electron chi connectivity index (χ3n) is 5.48. The minimum absolute atomic E-state index is 0.207. The summed E-state index contributed by atoms with van der Waals surface area (Å²) in [4.78, 5) is 41.8. The van der Waals surface area contributed by atoms with Crippen LogP contribution in [0.1, 0.15) is 43.9 Å². The van der Waals surface area contributed by atoms with E-state index in [1.54, 1.807) is 44.1 Å². The molecule has 2 N–H and O–H groups in total. The number of carbonyl (C=O) groups is 3. The van der Waals surface area contributed by atoms with Crippen molar-refractivity contribution in [1.29, 1.82) is 0 Å². The highest BCUT2D eigenvalue weighted by Gasteiger charge is 2.38. The van der Waals surface area contributed by atoms with Crippen LogP contribution >= 0.6 is 0 Å². The van der Waals surface area contributed by atoms with Crippen LogP contribution in [0.5, 0.6) is 0 Å². The summed E-state index contributed by atoms with van der Waals surface area (Å²) in [7, 11) is 3.30. The van der Waals surface area contributed by atoms with Gasteiger partial charge in [-0.1, -0.05) is 55.8 Å². The Kier molecular flexibility index (Phi) is 8.29. The first-order valence-electron chi connectivity index (χ1n) is 11.5. The highest BCUT2D eigenvalue weighted by Crippen LogP contribution is 2.37. The number of ether oxygens (including phenoxy) is 1. The van der Waals surface area contributed by atoms with Crippen molar-refractivity contribution < 1.29 is 19.1 Å². The summed E-state index contributed by atoms with van der Waals surface area (Å²) in [5.74, 6) is -0.490. The number of rotatable bonds is 8. The summed E-state index contributed by atoms with van der Waals surface area (Å²) in [5, 5.41) is 5.80. The zero-order chi connectivity index (χ0) is 24.7. The average molecular weight is 465 g/mol. The van der Waals surface area contributed by atoms with E-state index in [4.69, 9.17) is 4.74 Å². The molecule has 8 heteroatoms. The van der Waals surface area contributed by atoms with Crippen LogP contribution in [0.2, 0.25) is 0 Å². The van der Waals surface area contributed by atoms with Gasteiger partial charge >= 0.3 is 18.0 Å². The van der Waals surface area contributed by atoms with E-state index in [-0.39, 0.29) is 18.7 Å². The summed E-state index contributed by atoms with van der Waals surface area (Å²) < 4.78 is 5.45. The smallest absolute Gasteiger partial charge is 0.338 e. The number of nitrogens with zero attached hydrogens (tertiary/aromatic N) is 2. The van der Waals surface area contributed by atoms with E-state index in [0.717, 1.165) is 18.4 Å². The summed E-state index contributed by atoms with van der Waals surface area (Å²) in [6, 6.07) is 15.2. The highest BCUT2D eigenvalue weighted by molar-refractivity contribution is 6.04. The number of carbonyl (C=O) groups excluding carboxylic acids is 3. The van der Waals surface area contributed by atoms with E-state index < -0.39 is 12.0 Å². The van der Waals surface area contributed by atoms with Crippen molar-refractivity contribution in [3.05, 3.63) is 71.3 Å². The molecule has 3 rings (SSSR count). The van der Waals surface area contributed by atoms with Gasteiger partial charge in [-0.15, -0.1) is 0 Å². The number of hydrogen-bond acceptors (Lipinski definition) is 4. The molecular weight excluding hydrogens is 432 g/mol. The van der Waals surface area contributed by atoms with Crippen LogP contribution in [0.3, 0.4) is 0 Å². The normalized spacial score (nSPS) is 15.6. The lowest BCUT2D eigenvalue weighted by Gasteiger charge is -2.37. The van der Waals surface area contributed by atoms with Crippen LogP contribution in [-0.4, -0.2) is 55.1 Å². The summed E-state index contributed by atoms with van der Waals surface area (Å²) in [6.07, 6.45) is 1.69. The third kappa shape index (κ3) is 5.57. The number of benzene rings is 2. The number of urea groups is 2. The quantitative estimate of drug-likeness (QED) is 0.558. The van der Waals surface area contributed by atoms with Crippen molar-refractivity contribution in [1.82, 2.24) is 15.1 Å². The molecule has 2 aromatic carbocycles. The SMILES string of the molecule is CCCCN1C(=O)NC(c2cccc(NC(=O)N(C)C)c2)C(C(=O)OCC)=C1c1ccccc1. The Balaban J connectivity index is 2.17. The molecular formula is C26H32N4O4. The second kappa shape index (κ2) is 11.4. The van der Waals surface area contributed by atoms with E-state index in [1.807, 2.05) is 36.4 Å². The maximum atomic E-state index is 13.3. The van der Waals surface area contributed by atoms with Crippen molar-refractivity contribution in [3.63, 3.8) is 0 Å². The van der Waals surface area contributed by atoms with E-state index in [1.165, 1.54) is 4.90 Å². The second-order valence-electron chi connectivity index (χ2n) is 8.19. The monoisotopic (exact) mass is 464 g/mol. The van der Waals surface area contributed by atoms with Gasteiger partial charge in [-0.05, 0) is 36.6 Å². The average Bonchev–Trinajstić information content (AvgIpc) is 2.83. The molecule has 34 heavy (non-hydrogen) atoms. The Hall–Kier alpha value is -3.81. The molecule has 4 amide bonds. The van der Waals surface area contributed by atoms with Gasteiger partial charge in [0.25, 0.3) is 0 Å². The Morgan fingerprint density at radius 3 is 2.47 bits per heavy atom. The molecule has 0 saturated carbocycles. The lowest BCUT2D eigenvalue weighted by Crippen LogP contribution is -2.48. The summed E-state index contributed by atoms with van der Waals surface area (Å²) in [6.45, 7) is 4.49. The van der Waals surface area contributed by atoms with Crippen molar-refractivity contribution in [2.75, 3.05) is 32.6 Å². The lowest BCUT2D eigenvalue weighted by molar-refractivity contribution is -0.138. The van der Waals surface area contributed by atoms with Crippen LogP contribution in [0.4, 0.5) is 15.3 Å². The van der Waals surface area contributed by atoms with Gasteiger partial charge in [0.1, 0.15) is 0 Å². The first-order chi connectivity index (χ1) is 16.4. The molecule has 0 saturated heterocycles. The highest BCUT2D eigenvalue weighted by atomic mass is 16.5. The molecule has 0 bridgehead atoms. The Labute approximate surface area is 200 Å². The topological polar surface area (TPSA) is 91.0 Å². The zero-order valence-electron chi connectivity index (χ0n) is 20.1. The van der Waals surface area contributed by atoms with Gasteiger partial charge in [0.2, 0.25) is 0 Å². The van der Waals surface area contributed by atoms with Gasteiger partial charge in [-0.25, -0.2) is 14.4 Å². The van der Waals surface area contributed by atoms with E-state index >= 15 is 0 Å². The van der Waals surface area contributed by atoms with Crippen molar-refractivity contribution in [2.45, 2.75) is 32.7 Å². The Bertz CT molecular complexity index is 1070. The summed E-state index contributed by atoms with van der Waals surface area (Å²) in [5.41, 5.74) is 2.89. The molecule has 0 radical (unpaired) electrons. The van der Waals surface area contributed by atoms with Crippen molar-refractivity contribution in [2.24, 2.45) is 0 Å². The zero-order valence-corrected chi connectivity index (χ0v) is 20.1. The molecule has 2 aromatic rings. The molecule has 1 aliphatic heterocycles. The summed E-state index contributed by atoms with van der Waals surface area (Å²) >= 11 is 0. The second-order valence-corrected chi connectivity index (χ2v) is 8.19. The first kappa shape index (κ1) is 24.8. The molecule has 1 aliphatic rings. The fourth-order valence-electron chi connectivity index (χ4n) is 3.80. The number of hydrogen-bond donors (Lipinski definition) is 2. The number of unbranched alkanes of at least 4 members (excludes halogenated alkanes) is 1. The van der Waals surface area contributed by atoms with E-state index in [2.05, 4.69) is 17.6 Å². The fourth-order valence-corrected chi connectivity index (χ4v) is 3.80. The van der Waals surface area contributed by atoms with Crippen molar-refractivity contribution >= 4 is 29.4 Å². The molecule has 8 nitrogen and oxygen atoms in total. The number of amides is 4. The van der Waals surface area contributed by atoms with Gasteiger partial charge in [0.05, 0.1) is 23.9 Å². The number of esters is 1. The van der Waals surface area contributed by atoms with E-state index in [9.17, 15) is 14.4 Å². The fraction of sp³-hybridized carbons (Fsp3) is 0.346. The molecule has 0 spiro atoms. The van der Waals surface area contributed by atoms with Crippen LogP contribution in [0.15, 0.2) is 60.2 Å². The van der Waals surface area contributed by atoms with Crippen LogP contribution in [0, 0.1) is 0 Å². The van der Waals surface area contributed by atoms with Crippen molar-refractivity contribution in [3.8, 4) is 0 Å². The third-order valence-corrected chi connectivity index (χ3v) is 5.48. The van der Waals surface area contributed by atoms with Gasteiger partial charge in [0.15, 0.2) is 0 Å². The largest absolute Gasteiger partial charge is 0.463 e. The molecule has 1 unspecified atom stereocenters. The predicted molar refractivity (Wildman–Crippen MR) is 132 cm³/mol. The number of anilines is 1. The van der Waals surface area contributed by atoms with Gasteiger partial charge in [-0.3, -0.25) is 4.90 Å². The molecule has 1 heterocycles. The minimum Gasteiger partial charge on any atom is -0.463 e. The Morgan fingerprint density at radius 1 is 1.09 bits per heavy atom. The molecule has 0 fully saturated rings.